The molecule has 0 aromatic heterocycles. The van der Waals surface area contributed by atoms with E-state index in [1.54, 1.807) is 30.5 Å². The van der Waals surface area contributed by atoms with Gasteiger partial charge in [0.05, 0.1) is 10.6 Å². The van der Waals surface area contributed by atoms with Crippen molar-refractivity contribution < 1.29 is 4.79 Å². The van der Waals surface area contributed by atoms with Gasteiger partial charge >= 0.3 is 0 Å². The summed E-state index contributed by atoms with van der Waals surface area (Å²) in [6.45, 7) is 2.01. The molecule has 2 aromatic rings. The Labute approximate surface area is 123 Å². The lowest BCUT2D eigenvalue weighted by Gasteiger charge is -2.06. The Kier molecular flexibility index (Phi) is 4.91. The second kappa shape index (κ2) is 6.87. The highest BCUT2D eigenvalue weighted by atomic mass is 35.5. The summed E-state index contributed by atoms with van der Waals surface area (Å²) in [5, 5.41) is 4.40. The van der Waals surface area contributed by atoms with Crippen LogP contribution in [-0.2, 0) is 0 Å². The quantitative estimate of drug-likeness (QED) is 0.673. The Balaban J connectivity index is 1.97. The summed E-state index contributed by atoms with van der Waals surface area (Å²) in [7, 11) is 0. The van der Waals surface area contributed by atoms with Gasteiger partial charge in [-0.15, -0.1) is 0 Å². The van der Waals surface area contributed by atoms with Crippen LogP contribution in [0.15, 0.2) is 59.7 Å². The molecule has 0 fully saturated rings. The summed E-state index contributed by atoms with van der Waals surface area (Å²) in [6, 6.07) is 16.8. The van der Waals surface area contributed by atoms with Gasteiger partial charge in [0.1, 0.15) is 0 Å². The Morgan fingerprint density at radius 1 is 1.15 bits per heavy atom. The van der Waals surface area contributed by atoms with Crippen LogP contribution in [0.4, 0.5) is 0 Å². The summed E-state index contributed by atoms with van der Waals surface area (Å²) in [5.41, 5.74) is 4.04. The summed E-state index contributed by atoms with van der Waals surface area (Å²) in [6.07, 6.45) is 1.70. The smallest absolute Gasteiger partial charge is 0.267 e. The standard InChI is InChI=1S/C16H15ClN2O/c1-12(13-7-3-2-4-8-13)11-18-19-16(20)14-9-5-6-10-15(14)17/h2-12H,1H3,(H,19,20)/b18-11+. The number of carbonyl (C=O) groups excluding carboxylic acids is 1. The van der Waals surface area contributed by atoms with Gasteiger partial charge in [-0.2, -0.15) is 5.10 Å². The predicted molar refractivity (Wildman–Crippen MR) is 82.3 cm³/mol. The van der Waals surface area contributed by atoms with E-state index in [9.17, 15) is 4.79 Å². The lowest BCUT2D eigenvalue weighted by molar-refractivity contribution is 0.0955. The SMILES string of the molecule is CC(/C=N/NC(=O)c1ccccc1Cl)c1ccccc1. The van der Waals surface area contributed by atoms with Crippen molar-refractivity contribution in [3.63, 3.8) is 0 Å². The molecule has 4 heteroatoms. The summed E-state index contributed by atoms with van der Waals surface area (Å²) >= 11 is 5.94. The van der Waals surface area contributed by atoms with Crippen molar-refractivity contribution in [2.75, 3.05) is 0 Å². The normalized spacial score (nSPS) is 12.3. The first kappa shape index (κ1) is 14.3. The average Bonchev–Trinajstić information content (AvgIpc) is 2.48. The highest BCUT2D eigenvalue weighted by Crippen LogP contribution is 2.14. The fraction of sp³-hybridized carbons (Fsp3) is 0.125. The average molecular weight is 287 g/mol. The van der Waals surface area contributed by atoms with Gasteiger partial charge in [-0.3, -0.25) is 4.79 Å². The highest BCUT2D eigenvalue weighted by molar-refractivity contribution is 6.33. The van der Waals surface area contributed by atoms with E-state index in [2.05, 4.69) is 10.5 Å². The van der Waals surface area contributed by atoms with E-state index in [1.165, 1.54) is 0 Å². The van der Waals surface area contributed by atoms with E-state index < -0.39 is 0 Å². The molecular formula is C16H15ClN2O. The zero-order valence-electron chi connectivity index (χ0n) is 11.1. The molecule has 0 bridgehead atoms. The van der Waals surface area contributed by atoms with Gasteiger partial charge in [0.25, 0.3) is 5.91 Å². The molecule has 3 nitrogen and oxygen atoms in total. The first-order chi connectivity index (χ1) is 9.68. The van der Waals surface area contributed by atoms with E-state index in [4.69, 9.17) is 11.6 Å². The minimum Gasteiger partial charge on any atom is -0.267 e. The molecule has 0 aliphatic carbocycles. The topological polar surface area (TPSA) is 41.5 Å². The van der Waals surface area contributed by atoms with Crippen LogP contribution >= 0.6 is 11.6 Å². The van der Waals surface area contributed by atoms with Crippen LogP contribution in [-0.4, -0.2) is 12.1 Å². The molecule has 0 saturated carbocycles. The minimum atomic E-state index is -0.313. The molecule has 0 aliphatic rings. The maximum atomic E-state index is 11.9. The Bertz CT molecular complexity index is 611. The van der Waals surface area contributed by atoms with Crippen LogP contribution < -0.4 is 5.43 Å². The molecule has 2 aromatic carbocycles. The highest BCUT2D eigenvalue weighted by Gasteiger charge is 2.08. The number of carbonyl (C=O) groups is 1. The van der Waals surface area contributed by atoms with Crippen molar-refractivity contribution in [2.24, 2.45) is 5.10 Å². The van der Waals surface area contributed by atoms with Crippen molar-refractivity contribution in [1.29, 1.82) is 0 Å². The molecule has 102 valence electrons. The molecule has 1 amide bonds. The third-order valence-electron chi connectivity index (χ3n) is 2.91. The number of nitrogens with one attached hydrogen (secondary N) is 1. The number of nitrogens with zero attached hydrogens (tertiary/aromatic N) is 1. The molecule has 0 heterocycles. The summed E-state index contributed by atoms with van der Waals surface area (Å²) in [5.74, 6) is -0.185. The first-order valence-corrected chi connectivity index (χ1v) is 6.69. The van der Waals surface area contributed by atoms with E-state index in [1.807, 2.05) is 37.3 Å². The third kappa shape index (κ3) is 3.68. The van der Waals surface area contributed by atoms with Crippen molar-refractivity contribution in [3.05, 3.63) is 70.7 Å². The van der Waals surface area contributed by atoms with Crippen molar-refractivity contribution in [1.82, 2.24) is 5.43 Å². The molecular weight excluding hydrogens is 272 g/mol. The second-order valence-electron chi connectivity index (χ2n) is 4.40. The Hall–Kier alpha value is -2.13. The van der Waals surface area contributed by atoms with Crippen molar-refractivity contribution >= 4 is 23.7 Å². The molecule has 0 saturated heterocycles. The Morgan fingerprint density at radius 2 is 1.80 bits per heavy atom. The molecule has 0 spiro atoms. The zero-order valence-corrected chi connectivity index (χ0v) is 11.8. The number of amides is 1. The first-order valence-electron chi connectivity index (χ1n) is 6.31. The second-order valence-corrected chi connectivity index (χ2v) is 4.81. The van der Waals surface area contributed by atoms with Gasteiger partial charge in [0.2, 0.25) is 0 Å². The van der Waals surface area contributed by atoms with Crippen LogP contribution in [0, 0.1) is 0 Å². The van der Waals surface area contributed by atoms with Gasteiger partial charge < -0.3 is 0 Å². The van der Waals surface area contributed by atoms with Gasteiger partial charge in [0, 0.05) is 12.1 Å². The number of hydrogen-bond donors (Lipinski definition) is 1. The van der Waals surface area contributed by atoms with Crippen LogP contribution in [0.3, 0.4) is 0 Å². The Morgan fingerprint density at radius 3 is 2.50 bits per heavy atom. The molecule has 20 heavy (non-hydrogen) atoms. The molecule has 0 radical (unpaired) electrons. The maximum Gasteiger partial charge on any atom is 0.272 e. The summed E-state index contributed by atoms with van der Waals surface area (Å²) in [4.78, 5) is 11.9. The van der Waals surface area contributed by atoms with Gasteiger partial charge in [-0.1, -0.05) is 61.0 Å². The molecule has 2 rings (SSSR count). The van der Waals surface area contributed by atoms with Crippen LogP contribution in [0.2, 0.25) is 5.02 Å². The monoisotopic (exact) mass is 286 g/mol. The number of hydrazone groups is 1. The molecule has 1 atom stereocenters. The third-order valence-corrected chi connectivity index (χ3v) is 3.24. The predicted octanol–water partition coefficient (Wildman–Crippen LogP) is 3.86. The van der Waals surface area contributed by atoms with E-state index >= 15 is 0 Å². The fourth-order valence-corrected chi connectivity index (χ4v) is 1.98. The summed E-state index contributed by atoms with van der Waals surface area (Å²) < 4.78 is 0. The zero-order chi connectivity index (χ0) is 14.4. The van der Waals surface area contributed by atoms with Crippen LogP contribution in [0.5, 0.6) is 0 Å². The van der Waals surface area contributed by atoms with Gasteiger partial charge in [-0.25, -0.2) is 5.43 Å². The fourth-order valence-electron chi connectivity index (χ4n) is 1.76. The lowest BCUT2D eigenvalue weighted by Crippen LogP contribution is -2.18. The van der Waals surface area contributed by atoms with Crippen LogP contribution in [0.25, 0.3) is 0 Å². The lowest BCUT2D eigenvalue weighted by atomic mass is 10.0. The van der Waals surface area contributed by atoms with Crippen molar-refractivity contribution in [3.8, 4) is 0 Å². The van der Waals surface area contributed by atoms with E-state index in [0.29, 0.717) is 10.6 Å². The van der Waals surface area contributed by atoms with Gasteiger partial charge in [0.15, 0.2) is 0 Å². The number of rotatable bonds is 4. The number of halogens is 1. The van der Waals surface area contributed by atoms with E-state index in [0.717, 1.165) is 5.56 Å². The number of hydrogen-bond acceptors (Lipinski definition) is 2. The van der Waals surface area contributed by atoms with E-state index in [-0.39, 0.29) is 11.8 Å². The van der Waals surface area contributed by atoms with Crippen LogP contribution in [0.1, 0.15) is 28.8 Å². The minimum absolute atomic E-state index is 0.128. The maximum absolute atomic E-state index is 11.9. The molecule has 1 unspecified atom stereocenters. The molecule has 1 N–H and O–H groups in total. The largest absolute Gasteiger partial charge is 0.272 e. The molecule has 0 aliphatic heterocycles. The number of benzene rings is 2. The van der Waals surface area contributed by atoms with Crippen molar-refractivity contribution in [2.45, 2.75) is 12.8 Å². The van der Waals surface area contributed by atoms with Gasteiger partial charge in [-0.05, 0) is 17.7 Å².